The van der Waals surface area contributed by atoms with Gasteiger partial charge in [0.1, 0.15) is 5.82 Å². The van der Waals surface area contributed by atoms with Gasteiger partial charge in [0, 0.05) is 53.2 Å². The van der Waals surface area contributed by atoms with Crippen molar-refractivity contribution in [3.8, 4) is 0 Å². The highest BCUT2D eigenvalue weighted by molar-refractivity contribution is 5.75. The predicted octanol–water partition coefficient (Wildman–Crippen LogP) is 0.264. The van der Waals surface area contributed by atoms with Crippen LogP contribution in [0.1, 0.15) is 6.42 Å². The van der Waals surface area contributed by atoms with Gasteiger partial charge in [0.15, 0.2) is 0 Å². The van der Waals surface area contributed by atoms with Gasteiger partial charge in [-0.25, -0.2) is 4.98 Å². The van der Waals surface area contributed by atoms with Crippen molar-refractivity contribution in [1.29, 1.82) is 0 Å². The van der Waals surface area contributed by atoms with Crippen LogP contribution in [0.15, 0.2) is 18.3 Å². The molecule has 0 bridgehead atoms. The summed E-state index contributed by atoms with van der Waals surface area (Å²) in [6.07, 6.45) is 2.41. The zero-order chi connectivity index (χ0) is 14.5. The fourth-order valence-electron chi connectivity index (χ4n) is 2.29. The zero-order valence-electron chi connectivity index (χ0n) is 12.2. The van der Waals surface area contributed by atoms with Crippen LogP contribution in [0.5, 0.6) is 0 Å². The first-order valence-corrected chi connectivity index (χ1v) is 6.95. The van der Waals surface area contributed by atoms with Crippen molar-refractivity contribution >= 4 is 17.4 Å². The molecular formula is C14H23N5O. The van der Waals surface area contributed by atoms with Gasteiger partial charge >= 0.3 is 0 Å². The fraction of sp³-hybridized carbons (Fsp3) is 0.571. The van der Waals surface area contributed by atoms with Gasteiger partial charge in [-0.1, -0.05) is 0 Å². The molecule has 1 aliphatic heterocycles. The number of carbonyl (C=O) groups excluding carboxylic acids is 1. The largest absolute Gasteiger partial charge is 0.384 e. The lowest BCUT2D eigenvalue weighted by molar-refractivity contribution is -0.129. The molecule has 0 aliphatic carbocycles. The molecular weight excluding hydrogens is 254 g/mol. The van der Waals surface area contributed by atoms with Crippen LogP contribution in [0.25, 0.3) is 0 Å². The van der Waals surface area contributed by atoms with E-state index in [1.807, 2.05) is 18.3 Å². The first kappa shape index (κ1) is 14.6. The van der Waals surface area contributed by atoms with E-state index in [0.717, 1.165) is 38.4 Å². The Labute approximate surface area is 120 Å². The molecule has 1 aromatic heterocycles. The number of pyridine rings is 1. The van der Waals surface area contributed by atoms with Crippen LogP contribution in [-0.4, -0.2) is 67.5 Å². The van der Waals surface area contributed by atoms with E-state index in [2.05, 4.69) is 14.8 Å². The minimum absolute atomic E-state index is 0.190. The maximum absolute atomic E-state index is 11.6. The number of nitrogens with two attached hydrogens (primary N) is 1. The summed E-state index contributed by atoms with van der Waals surface area (Å²) in [4.78, 5) is 22.0. The minimum Gasteiger partial charge on any atom is -0.384 e. The van der Waals surface area contributed by atoms with Crippen LogP contribution < -0.4 is 10.6 Å². The van der Waals surface area contributed by atoms with Crippen LogP contribution >= 0.6 is 0 Å². The summed E-state index contributed by atoms with van der Waals surface area (Å²) in [7, 11) is 3.60. The van der Waals surface area contributed by atoms with Gasteiger partial charge in [-0.15, -0.1) is 0 Å². The van der Waals surface area contributed by atoms with Crippen molar-refractivity contribution in [3.63, 3.8) is 0 Å². The summed E-state index contributed by atoms with van der Waals surface area (Å²) >= 11 is 0. The molecule has 2 heterocycles. The third-order valence-corrected chi connectivity index (χ3v) is 3.65. The van der Waals surface area contributed by atoms with Gasteiger partial charge in [0.25, 0.3) is 0 Å². The van der Waals surface area contributed by atoms with Crippen molar-refractivity contribution in [2.24, 2.45) is 0 Å². The maximum Gasteiger partial charge on any atom is 0.223 e. The molecule has 110 valence electrons. The van der Waals surface area contributed by atoms with Gasteiger partial charge in [0.05, 0.1) is 11.9 Å². The molecule has 2 rings (SSSR count). The van der Waals surface area contributed by atoms with E-state index in [1.165, 1.54) is 0 Å². The van der Waals surface area contributed by atoms with E-state index in [0.29, 0.717) is 12.2 Å². The Morgan fingerprint density at radius 2 is 2.00 bits per heavy atom. The minimum atomic E-state index is 0.190. The van der Waals surface area contributed by atoms with E-state index < -0.39 is 0 Å². The van der Waals surface area contributed by atoms with Crippen LogP contribution in [0.4, 0.5) is 11.5 Å². The molecule has 0 radical (unpaired) electrons. The molecule has 0 atom stereocenters. The van der Waals surface area contributed by atoms with E-state index in [-0.39, 0.29) is 5.91 Å². The summed E-state index contributed by atoms with van der Waals surface area (Å²) in [5, 5.41) is 0. The number of anilines is 2. The summed E-state index contributed by atoms with van der Waals surface area (Å²) in [6.45, 7) is 4.71. The van der Waals surface area contributed by atoms with Gasteiger partial charge in [-0.3, -0.25) is 9.69 Å². The average Bonchev–Trinajstić information content (AvgIpc) is 2.46. The molecule has 0 saturated carbocycles. The lowest BCUT2D eigenvalue weighted by atomic mass is 10.2. The number of hydrogen-bond acceptors (Lipinski definition) is 5. The van der Waals surface area contributed by atoms with Crippen molar-refractivity contribution in [2.75, 3.05) is 57.5 Å². The van der Waals surface area contributed by atoms with Gasteiger partial charge in [-0.05, 0) is 12.1 Å². The normalized spacial score (nSPS) is 16.2. The second-order valence-corrected chi connectivity index (χ2v) is 5.31. The predicted molar refractivity (Wildman–Crippen MR) is 80.6 cm³/mol. The van der Waals surface area contributed by atoms with Gasteiger partial charge < -0.3 is 15.5 Å². The lowest BCUT2D eigenvalue weighted by Gasteiger charge is -2.35. The molecule has 0 aromatic carbocycles. The monoisotopic (exact) mass is 277 g/mol. The second kappa shape index (κ2) is 6.56. The SMILES string of the molecule is CN(C)C(=O)CCN1CCN(c2ccc(N)nc2)CC1. The number of nitrogens with zero attached hydrogens (tertiary/aromatic N) is 4. The number of piperazine rings is 1. The Bertz CT molecular complexity index is 437. The molecule has 6 heteroatoms. The van der Waals surface area contributed by atoms with E-state index in [9.17, 15) is 4.79 Å². The molecule has 1 fully saturated rings. The zero-order valence-corrected chi connectivity index (χ0v) is 12.2. The average molecular weight is 277 g/mol. The van der Waals surface area contributed by atoms with Crippen LogP contribution in [0.3, 0.4) is 0 Å². The van der Waals surface area contributed by atoms with Crippen molar-refractivity contribution in [1.82, 2.24) is 14.8 Å². The Morgan fingerprint density at radius 1 is 1.30 bits per heavy atom. The lowest BCUT2D eigenvalue weighted by Crippen LogP contribution is -2.47. The molecule has 1 saturated heterocycles. The Balaban J connectivity index is 1.77. The Kier molecular flexibility index (Phi) is 4.79. The quantitative estimate of drug-likeness (QED) is 0.855. The van der Waals surface area contributed by atoms with Crippen LogP contribution in [0, 0.1) is 0 Å². The molecule has 0 spiro atoms. The molecule has 1 amide bonds. The first-order chi connectivity index (χ1) is 9.56. The highest BCUT2D eigenvalue weighted by atomic mass is 16.2. The molecule has 1 aliphatic rings. The Hall–Kier alpha value is -1.82. The van der Waals surface area contributed by atoms with Gasteiger partial charge in [0.2, 0.25) is 5.91 Å². The molecule has 6 nitrogen and oxygen atoms in total. The third kappa shape index (κ3) is 3.84. The number of nitrogen functional groups attached to an aromatic ring is 1. The molecule has 20 heavy (non-hydrogen) atoms. The highest BCUT2D eigenvalue weighted by Gasteiger charge is 2.18. The number of amides is 1. The number of hydrogen-bond donors (Lipinski definition) is 1. The topological polar surface area (TPSA) is 65.7 Å². The number of carbonyl (C=O) groups is 1. The highest BCUT2D eigenvalue weighted by Crippen LogP contribution is 2.16. The number of rotatable bonds is 4. The summed E-state index contributed by atoms with van der Waals surface area (Å²) in [5.41, 5.74) is 6.71. The first-order valence-electron chi connectivity index (χ1n) is 6.95. The smallest absolute Gasteiger partial charge is 0.223 e. The summed E-state index contributed by atoms with van der Waals surface area (Å²) < 4.78 is 0. The third-order valence-electron chi connectivity index (χ3n) is 3.65. The number of aromatic nitrogens is 1. The van der Waals surface area contributed by atoms with Gasteiger partial charge in [-0.2, -0.15) is 0 Å². The van der Waals surface area contributed by atoms with Crippen LogP contribution in [0.2, 0.25) is 0 Å². The van der Waals surface area contributed by atoms with E-state index in [1.54, 1.807) is 19.0 Å². The standard InChI is InChI=1S/C14H23N5O/c1-17(2)14(20)5-6-18-7-9-19(10-8-18)12-3-4-13(15)16-11-12/h3-4,11H,5-10H2,1-2H3,(H2,15,16). The molecule has 2 N–H and O–H groups in total. The Morgan fingerprint density at radius 3 is 2.55 bits per heavy atom. The van der Waals surface area contributed by atoms with Crippen molar-refractivity contribution < 1.29 is 4.79 Å². The molecule has 1 aromatic rings. The summed E-state index contributed by atoms with van der Waals surface area (Å²) in [6, 6.07) is 3.84. The van der Waals surface area contributed by atoms with E-state index >= 15 is 0 Å². The summed E-state index contributed by atoms with van der Waals surface area (Å²) in [5.74, 6) is 0.741. The molecule has 0 unspecified atom stereocenters. The maximum atomic E-state index is 11.6. The second-order valence-electron chi connectivity index (χ2n) is 5.31. The van der Waals surface area contributed by atoms with Crippen molar-refractivity contribution in [3.05, 3.63) is 18.3 Å². The fourth-order valence-corrected chi connectivity index (χ4v) is 2.29. The van der Waals surface area contributed by atoms with Crippen LogP contribution in [-0.2, 0) is 4.79 Å². The van der Waals surface area contributed by atoms with E-state index in [4.69, 9.17) is 5.73 Å². The van der Waals surface area contributed by atoms with Crippen molar-refractivity contribution in [2.45, 2.75) is 6.42 Å².